The molecule has 0 unspecified atom stereocenters. The fraction of sp³-hybridized carbons (Fsp3) is 0.545. The van der Waals surface area contributed by atoms with Crippen LogP contribution < -0.4 is 10.6 Å². The molecule has 0 saturated carbocycles. The number of carbonyl (C=O) groups is 1. The third kappa shape index (κ3) is 5.14. The quantitative estimate of drug-likeness (QED) is 0.745. The van der Waals surface area contributed by atoms with Gasteiger partial charge in [-0.05, 0) is 18.4 Å². The molecule has 2 N–H and O–H groups in total. The Morgan fingerprint density at radius 1 is 1.62 bits per heavy atom. The molecule has 1 rings (SSSR count). The Morgan fingerprint density at radius 3 is 3.06 bits per heavy atom. The number of urea groups is 1. The smallest absolute Gasteiger partial charge is 0.315 e. The van der Waals surface area contributed by atoms with Crippen LogP contribution in [0.5, 0.6) is 0 Å². The molecule has 1 aromatic heterocycles. The molecule has 90 valence electrons. The maximum absolute atomic E-state index is 11.4. The molecule has 0 fully saturated rings. The van der Waals surface area contributed by atoms with Crippen molar-refractivity contribution in [1.29, 1.82) is 0 Å². The van der Waals surface area contributed by atoms with E-state index >= 15 is 0 Å². The predicted octanol–water partition coefficient (Wildman–Crippen LogP) is 1.62. The van der Waals surface area contributed by atoms with Gasteiger partial charge in [0.1, 0.15) is 0 Å². The highest BCUT2D eigenvalue weighted by Crippen LogP contribution is 2.10. The van der Waals surface area contributed by atoms with Crippen molar-refractivity contribution in [2.45, 2.75) is 19.4 Å². The van der Waals surface area contributed by atoms with Crippen molar-refractivity contribution in [3.63, 3.8) is 0 Å². The van der Waals surface area contributed by atoms with Gasteiger partial charge in [-0.15, -0.1) is 11.3 Å². The summed E-state index contributed by atoms with van der Waals surface area (Å²) in [6, 6.07) is 4.10. The van der Waals surface area contributed by atoms with E-state index in [0.29, 0.717) is 13.2 Å². The number of rotatable bonds is 6. The van der Waals surface area contributed by atoms with Crippen molar-refractivity contribution in [2.75, 3.05) is 20.3 Å². The normalized spacial score (nSPS) is 12.1. The van der Waals surface area contributed by atoms with Gasteiger partial charge in [-0.3, -0.25) is 0 Å². The Labute approximate surface area is 100 Å². The zero-order valence-electron chi connectivity index (χ0n) is 9.66. The van der Waals surface area contributed by atoms with Crippen LogP contribution in [0.25, 0.3) is 0 Å². The zero-order chi connectivity index (χ0) is 11.8. The Kier molecular flexibility index (Phi) is 5.88. The Hall–Kier alpha value is -1.07. The van der Waals surface area contributed by atoms with Crippen molar-refractivity contribution >= 4 is 17.4 Å². The lowest BCUT2D eigenvalue weighted by Crippen LogP contribution is -2.42. The van der Waals surface area contributed by atoms with E-state index in [1.165, 1.54) is 4.88 Å². The van der Waals surface area contributed by atoms with Crippen molar-refractivity contribution in [3.05, 3.63) is 22.4 Å². The number of amides is 2. The summed E-state index contributed by atoms with van der Waals surface area (Å²) < 4.78 is 4.84. The first-order valence-corrected chi connectivity index (χ1v) is 6.16. The molecule has 0 spiro atoms. The van der Waals surface area contributed by atoms with Crippen LogP contribution in [-0.4, -0.2) is 32.3 Å². The predicted molar refractivity (Wildman–Crippen MR) is 65.9 cm³/mol. The molecular formula is C11H18N2O2S. The minimum Gasteiger partial charge on any atom is -0.383 e. The SMILES string of the molecule is COCCNC(=O)N[C@@H](C)Cc1cccs1. The van der Waals surface area contributed by atoms with Crippen LogP contribution in [0.4, 0.5) is 4.79 Å². The van der Waals surface area contributed by atoms with Crippen LogP contribution in [0.15, 0.2) is 17.5 Å². The topological polar surface area (TPSA) is 50.4 Å². The van der Waals surface area contributed by atoms with Crippen molar-refractivity contribution in [1.82, 2.24) is 10.6 Å². The Balaban J connectivity index is 2.18. The number of ether oxygens (including phenoxy) is 1. The van der Waals surface area contributed by atoms with Gasteiger partial charge < -0.3 is 15.4 Å². The Bertz CT molecular complexity index is 301. The van der Waals surface area contributed by atoms with Gasteiger partial charge >= 0.3 is 6.03 Å². The molecule has 0 aliphatic rings. The third-order valence-electron chi connectivity index (χ3n) is 2.06. The van der Waals surface area contributed by atoms with Gasteiger partial charge in [-0.25, -0.2) is 4.79 Å². The third-order valence-corrected chi connectivity index (χ3v) is 2.96. The monoisotopic (exact) mass is 242 g/mol. The molecule has 0 radical (unpaired) electrons. The van der Waals surface area contributed by atoms with Gasteiger partial charge in [0.15, 0.2) is 0 Å². The molecule has 0 aliphatic carbocycles. The van der Waals surface area contributed by atoms with E-state index in [0.717, 1.165) is 6.42 Å². The second-order valence-corrected chi connectivity index (χ2v) is 4.61. The standard InChI is InChI=1S/C11H18N2O2S/c1-9(8-10-4-3-7-16-10)13-11(14)12-5-6-15-2/h3-4,7,9H,5-6,8H2,1-2H3,(H2,12,13,14)/t9-/m0/s1. The number of hydrogen-bond donors (Lipinski definition) is 2. The van der Waals surface area contributed by atoms with Crippen LogP contribution in [0.2, 0.25) is 0 Å². The van der Waals surface area contributed by atoms with Gasteiger partial charge in [0.2, 0.25) is 0 Å². The van der Waals surface area contributed by atoms with E-state index in [2.05, 4.69) is 16.7 Å². The Morgan fingerprint density at radius 2 is 2.44 bits per heavy atom. The second-order valence-electron chi connectivity index (χ2n) is 3.58. The average Bonchev–Trinajstić information content (AvgIpc) is 2.70. The largest absolute Gasteiger partial charge is 0.383 e. The molecule has 16 heavy (non-hydrogen) atoms. The number of thiophene rings is 1. The molecule has 4 nitrogen and oxygen atoms in total. The number of nitrogens with one attached hydrogen (secondary N) is 2. The van der Waals surface area contributed by atoms with E-state index in [1.54, 1.807) is 18.4 Å². The van der Waals surface area contributed by atoms with Crippen LogP contribution >= 0.6 is 11.3 Å². The zero-order valence-corrected chi connectivity index (χ0v) is 10.5. The van der Waals surface area contributed by atoms with Gasteiger partial charge in [0, 0.05) is 31.0 Å². The molecular weight excluding hydrogens is 224 g/mol. The number of methoxy groups -OCH3 is 1. The highest BCUT2D eigenvalue weighted by molar-refractivity contribution is 7.09. The first kappa shape index (κ1) is 13.0. The molecule has 0 aliphatic heterocycles. The van der Waals surface area contributed by atoms with Crippen molar-refractivity contribution < 1.29 is 9.53 Å². The molecule has 5 heteroatoms. The highest BCUT2D eigenvalue weighted by Gasteiger charge is 2.07. The summed E-state index contributed by atoms with van der Waals surface area (Å²) in [4.78, 5) is 12.7. The minimum atomic E-state index is -0.138. The molecule has 0 saturated heterocycles. The van der Waals surface area contributed by atoms with Crippen LogP contribution in [0.3, 0.4) is 0 Å². The maximum Gasteiger partial charge on any atom is 0.315 e. The maximum atomic E-state index is 11.4. The average molecular weight is 242 g/mol. The van der Waals surface area contributed by atoms with Crippen LogP contribution in [0, 0.1) is 0 Å². The summed E-state index contributed by atoms with van der Waals surface area (Å²) in [5.41, 5.74) is 0. The molecule has 1 atom stereocenters. The van der Waals surface area contributed by atoms with Crippen LogP contribution in [0.1, 0.15) is 11.8 Å². The van der Waals surface area contributed by atoms with E-state index in [1.807, 2.05) is 18.4 Å². The minimum absolute atomic E-state index is 0.138. The number of carbonyl (C=O) groups excluding carboxylic acids is 1. The van der Waals surface area contributed by atoms with Crippen molar-refractivity contribution in [2.24, 2.45) is 0 Å². The first-order valence-electron chi connectivity index (χ1n) is 5.28. The molecule has 1 heterocycles. The molecule has 2 amide bonds. The van der Waals surface area contributed by atoms with Gasteiger partial charge in [-0.2, -0.15) is 0 Å². The summed E-state index contributed by atoms with van der Waals surface area (Å²) in [7, 11) is 1.61. The van der Waals surface area contributed by atoms with Crippen LogP contribution in [-0.2, 0) is 11.2 Å². The van der Waals surface area contributed by atoms with E-state index in [-0.39, 0.29) is 12.1 Å². The van der Waals surface area contributed by atoms with E-state index < -0.39 is 0 Å². The summed E-state index contributed by atoms with van der Waals surface area (Å²) in [5.74, 6) is 0. The summed E-state index contributed by atoms with van der Waals surface area (Å²) >= 11 is 1.71. The summed E-state index contributed by atoms with van der Waals surface area (Å²) in [6.07, 6.45) is 0.870. The lowest BCUT2D eigenvalue weighted by Gasteiger charge is -2.13. The highest BCUT2D eigenvalue weighted by atomic mass is 32.1. The van der Waals surface area contributed by atoms with Gasteiger partial charge in [0.25, 0.3) is 0 Å². The molecule has 1 aromatic rings. The van der Waals surface area contributed by atoms with Crippen molar-refractivity contribution in [3.8, 4) is 0 Å². The van der Waals surface area contributed by atoms with E-state index in [9.17, 15) is 4.79 Å². The summed E-state index contributed by atoms with van der Waals surface area (Å²) in [5, 5.41) is 7.64. The molecule has 0 aromatic carbocycles. The van der Waals surface area contributed by atoms with Gasteiger partial charge in [-0.1, -0.05) is 6.07 Å². The first-order chi connectivity index (χ1) is 7.72. The fourth-order valence-electron chi connectivity index (χ4n) is 1.32. The fourth-order valence-corrected chi connectivity index (χ4v) is 2.16. The lowest BCUT2D eigenvalue weighted by molar-refractivity contribution is 0.195. The summed E-state index contributed by atoms with van der Waals surface area (Å²) in [6.45, 7) is 3.07. The second kappa shape index (κ2) is 7.24. The number of hydrogen-bond acceptors (Lipinski definition) is 3. The van der Waals surface area contributed by atoms with E-state index in [4.69, 9.17) is 4.74 Å². The van der Waals surface area contributed by atoms with Gasteiger partial charge in [0.05, 0.1) is 6.61 Å². The lowest BCUT2D eigenvalue weighted by atomic mass is 10.2. The molecule has 0 bridgehead atoms.